The number of esters is 3. The fraction of sp³-hybridized carbons (Fsp3) is 0.714. The molecule has 0 aliphatic heterocycles. The first kappa shape index (κ1) is 20.8. The van der Waals surface area contributed by atoms with E-state index >= 15 is 0 Å². The van der Waals surface area contributed by atoms with Crippen molar-refractivity contribution in [1.82, 2.24) is 5.32 Å². The molecule has 0 saturated carbocycles. The minimum absolute atomic E-state index is 0.266. The number of carbonyl (C=O) groups excluding carboxylic acids is 4. The highest BCUT2D eigenvalue weighted by molar-refractivity contribution is 5.96. The Morgan fingerprint density at radius 3 is 1.78 bits per heavy atom. The molecule has 0 rings (SSSR count). The molecule has 23 heavy (non-hydrogen) atoms. The molecule has 0 saturated heterocycles. The van der Waals surface area contributed by atoms with Crippen LogP contribution in [0.4, 0.5) is 0 Å². The number of nitrogens with one attached hydrogen (secondary N) is 1. The summed E-state index contributed by atoms with van der Waals surface area (Å²) in [5.74, 6) is -5.48. The zero-order valence-corrected chi connectivity index (χ0v) is 13.9. The van der Waals surface area contributed by atoms with Gasteiger partial charge in [0.15, 0.2) is 5.92 Å². The summed E-state index contributed by atoms with van der Waals surface area (Å²) in [4.78, 5) is 47.3. The lowest BCUT2D eigenvalue weighted by Gasteiger charge is -2.26. The van der Waals surface area contributed by atoms with Gasteiger partial charge in [-0.1, -0.05) is 6.92 Å². The predicted molar refractivity (Wildman–Crippen MR) is 77.1 cm³/mol. The van der Waals surface area contributed by atoms with E-state index in [2.05, 4.69) is 19.5 Å². The molecule has 0 aromatic heterocycles. The zero-order chi connectivity index (χ0) is 18.0. The number of amides is 1. The molecular formula is C14H23NO8. The third-order valence-electron chi connectivity index (χ3n) is 3.17. The van der Waals surface area contributed by atoms with E-state index in [0.29, 0.717) is 6.61 Å². The molecule has 0 bridgehead atoms. The second kappa shape index (κ2) is 10.5. The summed E-state index contributed by atoms with van der Waals surface area (Å²) in [6.45, 7) is 3.19. The zero-order valence-electron chi connectivity index (χ0n) is 13.9. The van der Waals surface area contributed by atoms with Gasteiger partial charge in [0.25, 0.3) is 0 Å². The van der Waals surface area contributed by atoms with E-state index in [1.807, 2.05) is 0 Å². The van der Waals surface area contributed by atoms with E-state index < -0.39 is 41.7 Å². The monoisotopic (exact) mass is 333 g/mol. The molecule has 0 unspecified atom stereocenters. The highest BCUT2D eigenvalue weighted by Gasteiger charge is 2.42. The van der Waals surface area contributed by atoms with Crippen molar-refractivity contribution in [3.8, 4) is 0 Å². The van der Waals surface area contributed by atoms with Crippen LogP contribution in [0.3, 0.4) is 0 Å². The minimum atomic E-state index is -1.39. The number of hydrogen-bond donors (Lipinski definition) is 1. The standard InChI is InChI=1S/C14H23NO8/c1-6-23-7-9(16)15-11(14(19)22-5)8(2)10(12(17)20-3)13(18)21-4/h8,10-11H,6-7H2,1-5H3,(H,15,16)/t8-,11-/m1/s1. The van der Waals surface area contributed by atoms with Crippen molar-refractivity contribution in [3.05, 3.63) is 0 Å². The van der Waals surface area contributed by atoms with E-state index in [1.165, 1.54) is 6.92 Å². The molecule has 0 radical (unpaired) electrons. The fourth-order valence-electron chi connectivity index (χ4n) is 1.91. The van der Waals surface area contributed by atoms with E-state index in [-0.39, 0.29) is 6.61 Å². The second-order valence-electron chi connectivity index (χ2n) is 4.59. The van der Waals surface area contributed by atoms with Crippen LogP contribution in [-0.2, 0) is 38.1 Å². The van der Waals surface area contributed by atoms with Crippen LogP contribution in [0, 0.1) is 11.8 Å². The van der Waals surface area contributed by atoms with Gasteiger partial charge in [-0.05, 0) is 6.92 Å². The smallest absolute Gasteiger partial charge is 0.328 e. The Morgan fingerprint density at radius 2 is 1.39 bits per heavy atom. The lowest BCUT2D eigenvalue weighted by molar-refractivity contribution is -0.163. The molecule has 0 aliphatic carbocycles. The van der Waals surface area contributed by atoms with Crippen LogP contribution in [0.5, 0.6) is 0 Å². The average molecular weight is 333 g/mol. The largest absolute Gasteiger partial charge is 0.468 e. The third-order valence-corrected chi connectivity index (χ3v) is 3.17. The molecule has 1 N–H and O–H groups in total. The Labute approximate surface area is 134 Å². The van der Waals surface area contributed by atoms with Crippen molar-refractivity contribution in [2.45, 2.75) is 19.9 Å². The number of rotatable bonds is 9. The fourth-order valence-corrected chi connectivity index (χ4v) is 1.91. The first-order valence-electron chi connectivity index (χ1n) is 6.94. The van der Waals surface area contributed by atoms with Crippen molar-refractivity contribution in [1.29, 1.82) is 0 Å². The first-order chi connectivity index (χ1) is 10.8. The molecule has 0 aromatic rings. The lowest BCUT2D eigenvalue weighted by Crippen LogP contribution is -2.51. The molecular weight excluding hydrogens is 310 g/mol. The highest BCUT2D eigenvalue weighted by atomic mass is 16.5. The van der Waals surface area contributed by atoms with Crippen LogP contribution < -0.4 is 5.32 Å². The topological polar surface area (TPSA) is 117 Å². The van der Waals surface area contributed by atoms with Gasteiger partial charge in [0.05, 0.1) is 21.3 Å². The SMILES string of the molecule is CCOCC(=O)N[C@@H](C(=O)OC)[C@H](C)C(C(=O)OC)C(=O)OC. The molecule has 0 aromatic carbocycles. The van der Waals surface area contributed by atoms with Gasteiger partial charge in [0.2, 0.25) is 5.91 Å². The molecule has 0 fully saturated rings. The van der Waals surface area contributed by atoms with Crippen LogP contribution >= 0.6 is 0 Å². The van der Waals surface area contributed by atoms with Crippen molar-refractivity contribution in [2.24, 2.45) is 11.8 Å². The Balaban J connectivity index is 5.33. The molecule has 9 nitrogen and oxygen atoms in total. The van der Waals surface area contributed by atoms with Crippen molar-refractivity contribution in [2.75, 3.05) is 34.5 Å². The summed E-state index contributed by atoms with van der Waals surface area (Å²) in [6.07, 6.45) is 0. The van der Waals surface area contributed by atoms with Gasteiger partial charge in [-0.3, -0.25) is 14.4 Å². The average Bonchev–Trinajstić information content (AvgIpc) is 2.56. The number of methoxy groups -OCH3 is 3. The van der Waals surface area contributed by atoms with Gasteiger partial charge >= 0.3 is 17.9 Å². The Bertz CT molecular complexity index is 420. The number of carbonyl (C=O) groups is 4. The van der Waals surface area contributed by atoms with Crippen LogP contribution in [0.25, 0.3) is 0 Å². The molecule has 132 valence electrons. The lowest BCUT2D eigenvalue weighted by atomic mass is 9.87. The summed E-state index contributed by atoms with van der Waals surface area (Å²) in [5.41, 5.74) is 0. The Kier molecular flexibility index (Phi) is 9.56. The van der Waals surface area contributed by atoms with Gasteiger partial charge in [-0.25, -0.2) is 4.79 Å². The van der Waals surface area contributed by atoms with E-state index in [0.717, 1.165) is 21.3 Å². The third kappa shape index (κ3) is 6.23. The van der Waals surface area contributed by atoms with Gasteiger partial charge < -0.3 is 24.3 Å². The van der Waals surface area contributed by atoms with Crippen molar-refractivity contribution in [3.63, 3.8) is 0 Å². The summed E-state index contributed by atoms with van der Waals surface area (Å²) >= 11 is 0. The minimum Gasteiger partial charge on any atom is -0.468 e. The van der Waals surface area contributed by atoms with Crippen molar-refractivity contribution < 1.29 is 38.1 Å². The van der Waals surface area contributed by atoms with Crippen LogP contribution in [0.15, 0.2) is 0 Å². The molecule has 1 amide bonds. The summed E-state index contributed by atoms with van der Waals surface area (Å²) < 4.78 is 18.7. The van der Waals surface area contributed by atoms with Gasteiger partial charge in [-0.2, -0.15) is 0 Å². The molecule has 0 spiro atoms. The van der Waals surface area contributed by atoms with Crippen LogP contribution in [0.2, 0.25) is 0 Å². The maximum Gasteiger partial charge on any atom is 0.328 e. The Hall–Kier alpha value is -2.16. The van der Waals surface area contributed by atoms with E-state index in [9.17, 15) is 19.2 Å². The van der Waals surface area contributed by atoms with Gasteiger partial charge in [-0.15, -0.1) is 0 Å². The summed E-state index contributed by atoms with van der Waals surface area (Å²) in [6, 6.07) is -1.24. The normalized spacial score (nSPS) is 13.0. The molecule has 2 atom stereocenters. The first-order valence-corrected chi connectivity index (χ1v) is 6.94. The quantitative estimate of drug-likeness (QED) is 0.334. The second-order valence-corrected chi connectivity index (χ2v) is 4.59. The highest BCUT2D eigenvalue weighted by Crippen LogP contribution is 2.20. The summed E-state index contributed by atoms with van der Waals surface area (Å²) in [7, 11) is 3.33. The van der Waals surface area contributed by atoms with Crippen LogP contribution in [0.1, 0.15) is 13.8 Å². The summed E-state index contributed by atoms with van der Waals surface area (Å²) in [5, 5.41) is 2.39. The van der Waals surface area contributed by atoms with Crippen molar-refractivity contribution >= 4 is 23.8 Å². The predicted octanol–water partition coefficient (Wildman–Crippen LogP) is -0.721. The van der Waals surface area contributed by atoms with Crippen LogP contribution in [-0.4, -0.2) is 64.4 Å². The van der Waals surface area contributed by atoms with Gasteiger partial charge in [0.1, 0.15) is 12.6 Å². The Morgan fingerprint density at radius 1 is 0.913 bits per heavy atom. The molecule has 9 heteroatoms. The maximum atomic E-state index is 11.9. The maximum absolute atomic E-state index is 11.9. The van der Waals surface area contributed by atoms with Gasteiger partial charge in [0, 0.05) is 12.5 Å². The number of ether oxygens (including phenoxy) is 4. The molecule has 0 heterocycles. The van der Waals surface area contributed by atoms with E-state index in [1.54, 1.807) is 6.92 Å². The molecule has 0 aliphatic rings. The van der Waals surface area contributed by atoms with E-state index in [4.69, 9.17) is 4.74 Å². The number of hydrogen-bond acceptors (Lipinski definition) is 8.